The lowest BCUT2D eigenvalue weighted by atomic mass is 10.0. The fraction of sp³-hybridized carbons (Fsp3) is 0.300. The summed E-state index contributed by atoms with van der Waals surface area (Å²) in [7, 11) is 0. The Kier molecular flexibility index (Phi) is 4.87. The van der Waals surface area contributed by atoms with Gasteiger partial charge in [-0.3, -0.25) is 9.20 Å². The van der Waals surface area contributed by atoms with E-state index >= 15 is 0 Å². The van der Waals surface area contributed by atoms with E-state index in [1.54, 1.807) is 28.9 Å². The summed E-state index contributed by atoms with van der Waals surface area (Å²) in [6, 6.07) is 6.26. The number of halogens is 1. The molecule has 27 heavy (non-hydrogen) atoms. The van der Waals surface area contributed by atoms with Crippen molar-refractivity contribution in [1.29, 1.82) is 0 Å². The minimum Gasteiger partial charge on any atom is -0.330 e. The highest BCUT2D eigenvalue weighted by molar-refractivity contribution is 5.67. The lowest BCUT2D eigenvalue weighted by Gasteiger charge is -2.13. The van der Waals surface area contributed by atoms with Crippen molar-refractivity contribution in [1.82, 2.24) is 19.3 Å². The Hall–Kier alpha value is -2.77. The molecule has 0 bridgehead atoms. The summed E-state index contributed by atoms with van der Waals surface area (Å²) in [5, 5.41) is 3.25. The standard InChI is InChI=1S/C20H22FN5O/c21-16-4-2-15(3-5-16)18-13-26-19(27)17(14-6-9-23-10-7-14)12-24-20(26)25(18)11-1-8-22/h2-6,12-13,23H,1,7-11,22H2. The number of benzene rings is 1. The first kappa shape index (κ1) is 17.6. The molecule has 2 aromatic heterocycles. The summed E-state index contributed by atoms with van der Waals surface area (Å²) >= 11 is 0. The van der Waals surface area contributed by atoms with E-state index in [9.17, 15) is 9.18 Å². The van der Waals surface area contributed by atoms with Crippen LogP contribution in [-0.2, 0) is 6.54 Å². The third-order valence-electron chi connectivity index (χ3n) is 4.89. The molecule has 4 rings (SSSR count). The van der Waals surface area contributed by atoms with Gasteiger partial charge in [-0.15, -0.1) is 0 Å². The Labute approximate surface area is 156 Å². The minimum absolute atomic E-state index is 0.0805. The molecule has 0 saturated heterocycles. The molecule has 0 fully saturated rings. The monoisotopic (exact) mass is 367 g/mol. The molecule has 140 valence electrons. The maximum atomic E-state index is 13.3. The Morgan fingerprint density at radius 2 is 2.07 bits per heavy atom. The Morgan fingerprint density at radius 1 is 1.26 bits per heavy atom. The summed E-state index contributed by atoms with van der Waals surface area (Å²) in [4.78, 5) is 17.7. The number of fused-ring (bicyclic) bond motifs is 1. The van der Waals surface area contributed by atoms with E-state index in [1.807, 2.05) is 10.6 Å². The van der Waals surface area contributed by atoms with Crippen molar-refractivity contribution in [2.45, 2.75) is 19.4 Å². The fourth-order valence-electron chi connectivity index (χ4n) is 3.48. The van der Waals surface area contributed by atoms with Crippen LogP contribution in [-0.4, -0.2) is 33.6 Å². The zero-order valence-corrected chi connectivity index (χ0v) is 15.0. The van der Waals surface area contributed by atoms with Crippen LogP contribution in [0.5, 0.6) is 0 Å². The maximum absolute atomic E-state index is 13.3. The van der Waals surface area contributed by atoms with E-state index in [4.69, 9.17) is 5.73 Å². The van der Waals surface area contributed by atoms with E-state index < -0.39 is 0 Å². The zero-order valence-electron chi connectivity index (χ0n) is 15.0. The number of aryl methyl sites for hydroxylation is 1. The normalized spacial score (nSPS) is 14.5. The largest absolute Gasteiger partial charge is 0.330 e. The highest BCUT2D eigenvalue weighted by Gasteiger charge is 2.17. The first-order valence-electron chi connectivity index (χ1n) is 9.16. The molecule has 1 aliphatic heterocycles. The SMILES string of the molecule is NCCCn1c(-c2ccc(F)cc2)cn2c(=O)c(C3=CCNCC3)cnc12. The van der Waals surface area contributed by atoms with Gasteiger partial charge in [-0.2, -0.15) is 0 Å². The average molecular weight is 367 g/mol. The van der Waals surface area contributed by atoms with E-state index in [0.717, 1.165) is 42.8 Å². The number of nitrogens with zero attached hydrogens (tertiary/aromatic N) is 3. The summed E-state index contributed by atoms with van der Waals surface area (Å²) in [6.07, 6.45) is 7.07. The van der Waals surface area contributed by atoms with Crippen molar-refractivity contribution >= 4 is 11.4 Å². The molecule has 0 atom stereocenters. The van der Waals surface area contributed by atoms with Gasteiger partial charge in [0, 0.05) is 25.5 Å². The molecule has 0 aliphatic carbocycles. The van der Waals surface area contributed by atoms with Crippen molar-refractivity contribution in [3.05, 3.63) is 64.5 Å². The quantitative estimate of drug-likeness (QED) is 0.723. The van der Waals surface area contributed by atoms with Gasteiger partial charge >= 0.3 is 0 Å². The Balaban J connectivity index is 1.89. The zero-order chi connectivity index (χ0) is 18.8. The fourth-order valence-corrected chi connectivity index (χ4v) is 3.48. The van der Waals surface area contributed by atoms with Gasteiger partial charge in [0.05, 0.1) is 11.3 Å². The molecular weight excluding hydrogens is 345 g/mol. The minimum atomic E-state index is -0.293. The lowest BCUT2D eigenvalue weighted by Crippen LogP contribution is -2.24. The first-order chi connectivity index (χ1) is 13.2. The molecule has 6 nitrogen and oxygen atoms in total. The van der Waals surface area contributed by atoms with Gasteiger partial charge in [0.2, 0.25) is 5.78 Å². The maximum Gasteiger partial charge on any atom is 0.266 e. The second-order valence-corrected chi connectivity index (χ2v) is 6.65. The second-order valence-electron chi connectivity index (χ2n) is 6.65. The Bertz CT molecular complexity index is 1050. The predicted molar refractivity (Wildman–Crippen MR) is 104 cm³/mol. The molecule has 7 heteroatoms. The Morgan fingerprint density at radius 3 is 2.78 bits per heavy atom. The predicted octanol–water partition coefficient (Wildman–Crippen LogP) is 2.03. The molecule has 0 radical (unpaired) electrons. The summed E-state index contributed by atoms with van der Waals surface area (Å²) < 4.78 is 16.9. The summed E-state index contributed by atoms with van der Waals surface area (Å²) in [6.45, 7) is 2.79. The molecule has 0 spiro atoms. The van der Waals surface area contributed by atoms with E-state index in [1.165, 1.54) is 12.1 Å². The highest BCUT2D eigenvalue weighted by atomic mass is 19.1. The highest BCUT2D eigenvalue weighted by Crippen LogP contribution is 2.24. The summed E-state index contributed by atoms with van der Waals surface area (Å²) in [5.74, 6) is 0.282. The molecule has 3 heterocycles. The van der Waals surface area contributed by atoms with Crippen molar-refractivity contribution < 1.29 is 4.39 Å². The number of imidazole rings is 1. The molecule has 1 aliphatic rings. The molecule has 3 N–H and O–H groups in total. The number of rotatable bonds is 5. The topological polar surface area (TPSA) is 77.3 Å². The van der Waals surface area contributed by atoms with E-state index in [0.29, 0.717) is 24.4 Å². The molecule has 0 unspecified atom stereocenters. The van der Waals surface area contributed by atoms with Gasteiger partial charge < -0.3 is 15.6 Å². The number of aromatic nitrogens is 3. The number of hydrogen-bond donors (Lipinski definition) is 2. The van der Waals surface area contributed by atoms with Crippen molar-refractivity contribution in [3.63, 3.8) is 0 Å². The average Bonchev–Trinajstić information content (AvgIpc) is 3.07. The van der Waals surface area contributed by atoms with Crippen LogP contribution >= 0.6 is 0 Å². The van der Waals surface area contributed by atoms with Crippen LogP contribution < -0.4 is 16.6 Å². The van der Waals surface area contributed by atoms with Gasteiger partial charge in [-0.1, -0.05) is 6.08 Å². The van der Waals surface area contributed by atoms with Crippen molar-refractivity contribution in [2.75, 3.05) is 19.6 Å². The number of nitrogens with one attached hydrogen (secondary N) is 1. The van der Waals surface area contributed by atoms with Crippen molar-refractivity contribution in [3.8, 4) is 11.3 Å². The molecule has 1 aromatic carbocycles. The van der Waals surface area contributed by atoms with Crippen molar-refractivity contribution in [2.24, 2.45) is 5.73 Å². The molecule has 0 saturated carbocycles. The van der Waals surface area contributed by atoms with E-state index in [2.05, 4.69) is 10.3 Å². The molecular formula is C20H22FN5O. The van der Waals surface area contributed by atoms with Gasteiger partial charge in [0.1, 0.15) is 5.82 Å². The van der Waals surface area contributed by atoms with Gasteiger partial charge in [0.25, 0.3) is 5.56 Å². The van der Waals surface area contributed by atoms with Crippen LogP contribution in [0.4, 0.5) is 4.39 Å². The smallest absolute Gasteiger partial charge is 0.266 e. The third kappa shape index (κ3) is 3.31. The lowest BCUT2D eigenvalue weighted by molar-refractivity contribution is 0.627. The van der Waals surface area contributed by atoms with Gasteiger partial charge in [0.15, 0.2) is 0 Å². The van der Waals surface area contributed by atoms with Crippen LogP contribution in [0.15, 0.2) is 47.5 Å². The second kappa shape index (κ2) is 7.46. The van der Waals surface area contributed by atoms with Crippen LogP contribution in [0.2, 0.25) is 0 Å². The number of nitrogens with two attached hydrogens (primary N) is 1. The number of hydrogen-bond acceptors (Lipinski definition) is 4. The van der Waals surface area contributed by atoms with Crippen LogP contribution in [0.25, 0.3) is 22.6 Å². The van der Waals surface area contributed by atoms with Gasteiger partial charge in [-0.05, 0) is 61.3 Å². The molecule has 3 aromatic rings. The van der Waals surface area contributed by atoms with Gasteiger partial charge in [-0.25, -0.2) is 9.37 Å². The first-order valence-corrected chi connectivity index (χ1v) is 9.16. The van der Waals surface area contributed by atoms with Crippen LogP contribution in [0.3, 0.4) is 0 Å². The van der Waals surface area contributed by atoms with Crippen LogP contribution in [0, 0.1) is 5.82 Å². The van der Waals surface area contributed by atoms with Crippen LogP contribution in [0.1, 0.15) is 18.4 Å². The molecule has 0 amide bonds. The summed E-state index contributed by atoms with van der Waals surface area (Å²) in [5.41, 5.74) is 8.92. The van der Waals surface area contributed by atoms with E-state index in [-0.39, 0.29) is 11.4 Å². The third-order valence-corrected chi connectivity index (χ3v) is 4.89.